The van der Waals surface area contributed by atoms with Crippen molar-refractivity contribution in [3.05, 3.63) is 178 Å². The minimum absolute atomic E-state index is 0.00516. The summed E-state index contributed by atoms with van der Waals surface area (Å²) >= 11 is 0. The summed E-state index contributed by atoms with van der Waals surface area (Å²) in [5.74, 6) is -1.25. The number of nitrogens with zero attached hydrogens (tertiary/aromatic N) is 2. The molecule has 2 aliphatic rings. The number of amides is 2. The number of aldehydes is 1. The van der Waals surface area contributed by atoms with Crippen molar-refractivity contribution < 1.29 is 55.3 Å². The van der Waals surface area contributed by atoms with E-state index < -0.39 is 43.7 Å². The number of carbonyl (C=O) groups excluding carboxylic acids is 3. The zero-order valence-electron chi connectivity index (χ0n) is 38.2. The summed E-state index contributed by atoms with van der Waals surface area (Å²) in [7, 11) is -4.57. The van der Waals surface area contributed by atoms with E-state index in [1.807, 2.05) is 37.6 Å². The van der Waals surface area contributed by atoms with Gasteiger partial charge in [-0.15, -0.1) is 0 Å². The summed E-state index contributed by atoms with van der Waals surface area (Å²) in [4.78, 5) is 38.6. The third kappa shape index (κ3) is 9.31. The fourth-order valence-corrected chi connectivity index (χ4v) is 10.6. The minimum atomic E-state index is -4.11. The summed E-state index contributed by atoms with van der Waals surface area (Å²) < 4.78 is 82.1. The van der Waals surface area contributed by atoms with Crippen LogP contribution < -0.4 is 28.4 Å². The van der Waals surface area contributed by atoms with Crippen LogP contribution in [-0.4, -0.2) is 62.8 Å². The molecule has 3 N–H and O–H groups in total. The third-order valence-corrected chi connectivity index (χ3v) is 14.9. The lowest BCUT2D eigenvalue weighted by Crippen LogP contribution is -2.35. The molecule has 16 nitrogen and oxygen atoms in total. The highest BCUT2D eigenvalue weighted by Crippen LogP contribution is 2.41. The van der Waals surface area contributed by atoms with Crippen molar-refractivity contribution in [1.29, 1.82) is 0 Å². The molecule has 8 aromatic rings. The van der Waals surface area contributed by atoms with Crippen molar-refractivity contribution in [1.82, 2.24) is 18.6 Å². The highest BCUT2D eigenvalue weighted by Gasteiger charge is 2.33. The van der Waals surface area contributed by atoms with Gasteiger partial charge in [-0.1, -0.05) is 71.8 Å². The zero-order valence-corrected chi connectivity index (χ0v) is 39.8. The molecule has 0 saturated carbocycles. The number of nitrogens with one attached hydrogen (secondary N) is 2. The number of sulfonamides is 2. The second-order valence-corrected chi connectivity index (χ2v) is 20.3. The topological polar surface area (TPSA) is 211 Å². The molecule has 18 heteroatoms. The molecule has 0 radical (unpaired) electrons. The summed E-state index contributed by atoms with van der Waals surface area (Å²) in [6.07, 6.45) is 4.33. The fourth-order valence-electron chi connectivity index (χ4n) is 8.59. The molecule has 70 heavy (non-hydrogen) atoms. The first kappa shape index (κ1) is 47.1. The predicted octanol–water partition coefficient (Wildman–Crippen LogP) is 7.01. The Morgan fingerprint density at radius 2 is 1.01 bits per heavy atom. The number of hydrogen-bond acceptors (Lipinski definition) is 12. The number of benzene rings is 6. The van der Waals surface area contributed by atoms with E-state index in [0.717, 1.165) is 44.8 Å². The van der Waals surface area contributed by atoms with Crippen molar-refractivity contribution in [3.8, 4) is 23.0 Å². The number of ether oxygens (including phenoxy) is 4. The number of aliphatic hydroxyl groups is 1. The summed E-state index contributed by atoms with van der Waals surface area (Å²) in [6, 6.07) is 33.4. The smallest absolute Gasteiger partial charge is 0.264 e. The van der Waals surface area contributed by atoms with Gasteiger partial charge < -0.3 is 33.2 Å². The molecule has 2 amide bonds. The van der Waals surface area contributed by atoms with Crippen LogP contribution in [0.2, 0.25) is 0 Å². The number of fused-ring (bicyclic) bond motifs is 4. The molecule has 10 rings (SSSR count). The van der Waals surface area contributed by atoms with Crippen LogP contribution in [0.3, 0.4) is 0 Å². The van der Waals surface area contributed by atoms with E-state index in [-0.39, 0.29) is 30.0 Å². The quantitative estimate of drug-likeness (QED) is 0.106. The van der Waals surface area contributed by atoms with Gasteiger partial charge >= 0.3 is 0 Å². The third-order valence-electron chi connectivity index (χ3n) is 12.2. The number of aryl methyl sites for hydroxylation is 4. The van der Waals surface area contributed by atoms with E-state index >= 15 is 0 Å². The van der Waals surface area contributed by atoms with E-state index in [2.05, 4.69) is 9.44 Å². The van der Waals surface area contributed by atoms with Gasteiger partial charge in [-0.3, -0.25) is 14.4 Å². The van der Waals surface area contributed by atoms with E-state index in [9.17, 15) is 36.3 Å². The largest absolute Gasteiger partial charge is 0.454 e. The lowest BCUT2D eigenvalue weighted by atomic mass is 9.90. The van der Waals surface area contributed by atoms with Gasteiger partial charge in [-0.05, 0) is 102 Å². The molecule has 0 fully saturated rings. The van der Waals surface area contributed by atoms with Crippen molar-refractivity contribution in [2.75, 3.05) is 13.6 Å². The van der Waals surface area contributed by atoms with Crippen LogP contribution in [0.1, 0.15) is 61.1 Å². The summed E-state index contributed by atoms with van der Waals surface area (Å²) in [6.45, 7) is 3.74. The Kier molecular flexibility index (Phi) is 12.7. The summed E-state index contributed by atoms with van der Waals surface area (Å²) in [5, 5.41) is 11.0. The highest BCUT2D eigenvalue weighted by molar-refractivity contribution is 7.90. The molecule has 0 aliphatic carbocycles. The number of hydrogen-bond donors (Lipinski definition) is 3. The van der Waals surface area contributed by atoms with Crippen LogP contribution >= 0.6 is 0 Å². The van der Waals surface area contributed by atoms with Gasteiger partial charge in [0.1, 0.15) is 6.29 Å². The average molecular weight is 983 g/mol. The Morgan fingerprint density at radius 3 is 1.46 bits per heavy atom. The number of rotatable bonds is 12. The first-order valence-electron chi connectivity index (χ1n) is 21.8. The maximum Gasteiger partial charge on any atom is 0.264 e. The Morgan fingerprint density at radius 1 is 0.586 bits per heavy atom. The Bertz CT molecular complexity index is 3590. The van der Waals surface area contributed by atoms with E-state index in [1.54, 1.807) is 109 Å². The minimum Gasteiger partial charge on any atom is -0.454 e. The molecule has 0 spiro atoms. The number of aliphatic hydroxyl groups excluding tert-OH is 1. The van der Waals surface area contributed by atoms with Crippen molar-refractivity contribution in [2.24, 2.45) is 14.1 Å². The van der Waals surface area contributed by atoms with Crippen LogP contribution in [0.25, 0.3) is 21.8 Å². The highest BCUT2D eigenvalue weighted by atomic mass is 32.2. The van der Waals surface area contributed by atoms with Gasteiger partial charge in [0.15, 0.2) is 23.0 Å². The van der Waals surface area contributed by atoms with Crippen LogP contribution in [0, 0.1) is 13.8 Å². The predicted molar refractivity (Wildman–Crippen MR) is 259 cm³/mol. The molecule has 358 valence electrons. The van der Waals surface area contributed by atoms with Crippen LogP contribution in [0.4, 0.5) is 0 Å². The van der Waals surface area contributed by atoms with Gasteiger partial charge in [-0.2, -0.15) is 0 Å². The second kappa shape index (κ2) is 18.9. The van der Waals surface area contributed by atoms with E-state index in [4.69, 9.17) is 18.9 Å². The Labute approximate surface area is 403 Å². The molecule has 0 bridgehead atoms. The maximum atomic E-state index is 13.7. The number of aromatic nitrogens is 2. The molecule has 2 aliphatic heterocycles. The number of carbonyl (C=O) groups is 3. The standard InChI is InChI=1S/C26H24N2O6S.C26H22N2O6S/c2*1-16-3-7-19(8-4-16)35(31,32)27-26(30)25(18-6-10-23-24(12-18)34-15-33-23)21-13-28(2)22-11-17(14-29)5-9-20(21)22/h3-13,25,29H,14-15H2,1-2H3,(H,27,30);3-14,25H,15H2,1-2H3,(H,27,30). The molecular weight excluding hydrogens is 937 g/mol. The molecular formula is C52H46N4O12S2. The van der Waals surface area contributed by atoms with Crippen molar-refractivity contribution in [3.63, 3.8) is 0 Å². The fraction of sp³-hybridized carbons (Fsp3) is 0.173. The molecule has 2 atom stereocenters. The Balaban J connectivity index is 0.000000174. The van der Waals surface area contributed by atoms with E-state index in [0.29, 0.717) is 50.8 Å². The summed E-state index contributed by atoms with van der Waals surface area (Å²) in [5.41, 5.74) is 6.91. The second-order valence-electron chi connectivity index (χ2n) is 17.0. The van der Waals surface area contributed by atoms with Crippen molar-refractivity contribution >= 4 is 60.0 Å². The van der Waals surface area contributed by atoms with E-state index in [1.165, 1.54) is 24.3 Å². The molecule has 4 heterocycles. The monoisotopic (exact) mass is 982 g/mol. The molecule has 2 aromatic heterocycles. The molecule has 6 aromatic carbocycles. The lowest BCUT2D eigenvalue weighted by molar-refractivity contribution is -0.120. The lowest BCUT2D eigenvalue weighted by Gasteiger charge is -2.18. The maximum absolute atomic E-state index is 13.7. The van der Waals surface area contributed by atoms with Gasteiger partial charge in [0.05, 0.1) is 28.2 Å². The van der Waals surface area contributed by atoms with Gasteiger partial charge in [0.25, 0.3) is 20.0 Å². The van der Waals surface area contributed by atoms with Crippen LogP contribution in [0.5, 0.6) is 23.0 Å². The SMILES string of the molecule is Cc1ccc(S(=O)(=O)NC(=O)C(c2ccc3c(c2)OCO3)c2cn(C)c3cc(C=O)ccc23)cc1.Cc1ccc(S(=O)(=O)NC(=O)C(c2ccc3c(c2)OCO3)c2cn(C)c3cc(CO)ccc23)cc1. The molecule has 2 unspecified atom stereocenters. The molecule has 0 saturated heterocycles. The van der Waals surface area contributed by atoms with Crippen LogP contribution in [-0.2, 0) is 50.3 Å². The average Bonchev–Trinajstić information content (AvgIpc) is 4.15. The van der Waals surface area contributed by atoms with Crippen LogP contribution in [0.15, 0.2) is 144 Å². The Hall–Kier alpha value is -7.93. The van der Waals surface area contributed by atoms with Gasteiger partial charge in [0, 0.05) is 53.9 Å². The normalized spacial score (nSPS) is 13.6. The first-order valence-corrected chi connectivity index (χ1v) is 24.8. The van der Waals surface area contributed by atoms with Gasteiger partial charge in [0.2, 0.25) is 25.4 Å². The zero-order chi connectivity index (χ0) is 49.5. The van der Waals surface area contributed by atoms with Crippen molar-refractivity contribution in [2.45, 2.75) is 42.1 Å². The van der Waals surface area contributed by atoms with Gasteiger partial charge in [-0.25, -0.2) is 26.3 Å². The first-order chi connectivity index (χ1) is 33.5.